The van der Waals surface area contributed by atoms with Crippen molar-refractivity contribution in [3.63, 3.8) is 0 Å². The number of carbonyl (C=O) groups excluding carboxylic acids is 1. The minimum absolute atomic E-state index is 0.150. The highest BCUT2D eigenvalue weighted by Gasteiger charge is 2.28. The molecule has 0 aromatic heterocycles. The highest BCUT2D eigenvalue weighted by atomic mass is 16.5. The van der Waals surface area contributed by atoms with Crippen molar-refractivity contribution >= 4 is 5.91 Å². The maximum absolute atomic E-state index is 12.1. The first-order chi connectivity index (χ1) is 9.22. The van der Waals surface area contributed by atoms with E-state index in [0.717, 1.165) is 25.9 Å². The summed E-state index contributed by atoms with van der Waals surface area (Å²) in [5, 5.41) is 0. The smallest absolute Gasteiger partial charge is 0.251 e. The molecule has 0 aliphatic carbocycles. The standard InChI is InChI=1S/C15H28N2O2/c1-13(19-2)15(18)17-11-7-14(8-12-17)16-9-5-3-4-6-10-16/h13-14H,3-12H2,1-2H3/t13-/m0/s1. The summed E-state index contributed by atoms with van der Waals surface area (Å²) in [6.07, 6.45) is 7.43. The normalized spacial score (nSPS) is 25.1. The van der Waals surface area contributed by atoms with Gasteiger partial charge in [0, 0.05) is 26.2 Å². The molecule has 0 aromatic rings. The van der Waals surface area contributed by atoms with Gasteiger partial charge in [-0.25, -0.2) is 0 Å². The first-order valence-electron chi connectivity index (χ1n) is 7.78. The van der Waals surface area contributed by atoms with E-state index in [0.29, 0.717) is 6.04 Å². The lowest BCUT2D eigenvalue weighted by atomic mass is 10.0. The average Bonchev–Trinajstić information content (AvgIpc) is 2.75. The van der Waals surface area contributed by atoms with Crippen molar-refractivity contribution in [1.29, 1.82) is 0 Å². The van der Waals surface area contributed by atoms with Crippen molar-refractivity contribution in [2.75, 3.05) is 33.3 Å². The number of rotatable bonds is 3. The molecule has 2 aliphatic rings. The van der Waals surface area contributed by atoms with Gasteiger partial charge in [0.05, 0.1) is 0 Å². The second-order valence-corrected chi connectivity index (χ2v) is 5.88. The molecule has 1 amide bonds. The molecule has 110 valence electrons. The fourth-order valence-corrected chi connectivity index (χ4v) is 3.27. The summed E-state index contributed by atoms with van der Waals surface area (Å²) in [7, 11) is 1.60. The number of methoxy groups -OCH3 is 1. The Bertz CT molecular complexity index is 280. The Hall–Kier alpha value is -0.610. The van der Waals surface area contributed by atoms with E-state index in [-0.39, 0.29) is 12.0 Å². The van der Waals surface area contributed by atoms with Gasteiger partial charge >= 0.3 is 0 Å². The van der Waals surface area contributed by atoms with Gasteiger partial charge in [-0.3, -0.25) is 4.79 Å². The number of carbonyl (C=O) groups is 1. The molecule has 0 bridgehead atoms. The Morgan fingerprint density at radius 3 is 2.16 bits per heavy atom. The van der Waals surface area contributed by atoms with Crippen LogP contribution in [0.1, 0.15) is 45.4 Å². The van der Waals surface area contributed by atoms with E-state index in [1.54, 1.807) is 7.11 Å². The molecule has 0 N–H and O–H groups in total. The quantitative estimate of drug-likeness (QED) is 0.783. The van der Waals surface area contributed by atoms with Crippen LogP contribution >= 0.6 is 0 Å². The number of amides is 1. The van der Waals surface area contributed by atoms with E-state index in [1.807, 2.05) is 11.8 Å². The average molecular weight is 268 g/mol. The summed E-state index contributed by atoms with van der Waals surface area (Å²) in [4.78, 5) is 16.7. The minimum Gasteiger partial charge on any atom is -0.372 e. The van der Waals surface area contributed by atoms with Crippen molar-refractivity contribution in [3.05, 3.63) is 0 Å². The predicted molar refractivity (Wildman–Crippen MR) is 76.1 cm³/mol. The molecule has 2 heterocycles. The maximum atomic E-state index is 12.1. The monoisotopic (exact) mass is 268 g/mol. The zero-order valence-electron chi connectivity index (χ0n) is 12.4. The highest BCUT2D eigenvalue weighted by Crippen LogP contribution is 2.21. The van der Waals surface area contributed by atoms with E-state index in [2.05, 4.69) is 4.90 Å². The molecule has 2 rings (SSSR count). The molecular weight excluding hydrogens is 240 g/mol. The van der Waals surface area contributed by atoms with E-state index in [1.165, 1.54) is 38.8 Å². The number of hydrogen-bond acceptors (Lipinski definition) is 3. The van der Waals surface area contributed by atoms with Crippen LogP contribution in [0.4, 0.5) is 0 Å². The van der Waals surface area contributed by atoms with Gasteiger partial charge in [0.15, 0.2) is 0 Å². The summed E-state index contributed by atoms with van der Waals surface area (Å²) >= 11 is 0. The molecule has 0 saturated carbocycles. The molecule has 0 unspecified atom stereocenters. The van der Waals surface area contributed by atoms with Crippen LogP contribution in [0.15, 0.2) is 0 Å². The van der Waals surface area contributed by atoms with Crippen LogP contribution in [0.5, 0.6) is 0 Å². The van der Waals surface area contributed by atoms with Crippen LogP contribution in [0, 0.1) is 0 Å². The molecule has 1 atom stereocenters. The Morgan fingerprint density at radius 2 is 1.63 bits per heavy atom. The summed E-state index contributed by atoms with van der Waals surface area (Å²) in [5.74, 6) is 0.150. The Kier molecular flexibility index (Phi) is 5.64. The summed E-state index contributed by atoms with van der Waals surface area (Å²) in [6, 6.07) is 0.694. The van der Waals surface area contributed by atoms with E-state index in [9.17, 15) is 4.79 Å². The highest BCUT2D eigenvalue weighted by molar-refractivity contribution is 5.80. The van der Waals surface area contributed by atoms with Gasteiger partial charge in [0.2, 0.25) is 0 Å². The van der Waals surface area contributed by atoms with Gasteiger partial charge in [0.1, 0.15) is 6.10 Å². The lowest BCUT2D eigenvalue weighted by Gasteiger charge is -2.38. The number of nitrogens with zero attached hydrogens (tertiary/aromatic N) is 2. The predicted octanol–water partition coefficient (Wildman–Crippen LogP) is 1.89. The van der Waals surface area contributed by atoms with Gasteiger partial charge in [-0.2, -0.15) is 0 Å². The van der Waals surface area contributed by atoms with Crippen LogP contribution in [-0.2, 0) is 9.53 Å². The number of piperidine rings is 1. The topological polar surface area (TPSA) is 32.8 Å². The van der Waals surface area contributed by atoms with Crippen LogP contribution in [0.2, 0.25) is 0 Å². The van der Waals surface area contributed by atoms with Crippen LogP contribution < -0.4 is 0 Å². The van der Waals surface area contributed by atoms with Crippen LogP contribution in [-0.4, -0.2) is 61.1 Å². The lowest BCUT2D eigenvalue weighted by molar-refractivity contribution is -0.142. The third-order valence-electron chi connectivity index (χ3n) is 4.63. The fraction of sp³-hybridized carbons (Fsp3) is 0.933. The molecule has 2 aliphatic heterocycles. The Labute approximate surface area is 117 Å². The molecular formula is C15H28N2O2. The second kappa shape index (κ2) is 7.25. The van der Waals surface area contributed by atoms with Crippen LogP contribution in [0.25, 0.3) is 0 Å². The first-order valence-corrected chi connectivity index (χ1v) is 7.78. The molecule has 4 nitrogen and oxygen atoms in total. The van der Waals surface area contributed by atoms with E-state index in [4.69, 9.17) is 4.74 Å². The summed E-state index contributed by atoms with van der Waals surface area (Å²) < 4.78 is 5.12. The molecule has 19 heavy (non-hydrogen) atoms. The Morgan fingerprint density at radius 1 is 1.05 bits per heavy atom. The fourth-order valence-electron chi connectivity index (χ4n) is 3.27. The van der Waals surface area contributed by atoms with Gasteiger partial charge in [-0.1, -0.05) is 12.8 Å². The molecule has 2 fully saturated rings. The van der Waals surface area contributed by atoms with Gasteiger partial charge in [-0.05, 0) is 45.7 Å². The molecule has 0 aromatic carbocycles. The molecule has 0 spiro atoms. The summed E-state index contributed by atoms with van der Waals surface area (Å²) in [5.41, 5.74) is 0. The van der Waals surface area contributed by atoms with Crippen molar-refractivity contribution in [1.82, 2.24) is 9.80 Å². The van der Waals surface area contributed by atoms with Gasteiger partial charge in [0.25, 0.3) is 5.91 Å². The number of hydrogen-bond donors (Lipinski definition) is 0. The minimum atomic E-state index is -0.297. The third kappa shape index (κ3) is 3.93. The number of ether oxygens (including phenoxy) is 1. The van der Waals surface area contributed by atoms with E-state index < -0.39 is 0 Å². The van der Waals surface area contributed by atoms with Crippen molar-refractivity contribution in [3.8, 4) is 0 Å². The lowest BCUT2D eigenvalue weighted by Crippen LogP contribution is -2.49. The molecule has 2 saturated heterocycles. The van der Waals surface area contributed by atoms with Crippen molar-refractivity contribution in [2.24, 2.45) is 0 Å². The number of likely N-dealkylation sites (tertiary alicyclic amines) is 2. The van der Waals surface area contributed by atoms with Gasteiger partial charge in [-0.15, -0.1) is 0 Å². The molecule has 4 heteroatoms. The second-order valence-electron chi connectivity index (χ2n) is 5.88. The largest absolute Gasteiger partial charge is 0.372 e. The van der Waals surface area contributed by atoms with Crippen molar-refractivity contribution in [2.45, 2.75) is 57.6 Å². The SMILES string of the molecule is CO[C@@H](C)C(=O)N1CCC(N2CCCCCC2)CC1. The van der Waals surface area contributed by atoms with Gasteiger partial charge < -0.3 is 14.5 Å². The van der Waals surface area contributed by atoms with Crippen LogP contribution in [0.3, 0.4) is 0 Å². The Balaban J connectivity index is 1.79. The third-order valence-corrected chi connectivity index (χ3v) is 4.63. The molecule has 0 radical (unpaired) electrons. The zero-order chi connectivity index (χ0) is 13.7. The summed E-state index contributed by atoms with van der Waals surface area (Å²) in [6.45, 7) is 6.14. The van der Waals surface area contributed by atoms with E-state index >= 15 is 0 Å². The van der Waals surface area contributed by atoms with Crippen molar-refractivity contribution < 1.29 is 9.53 Å². The zero-order valence-corrected chi connectivity index (χ0v) is 12.4. The first kappa shape index (κ1) is 14.8. The maximum Gasteiger partial charge on any atom is 0.251 e.